The van der Waals surface area contributed by atoms with Crippen molar-refractivity contribution in [2.75, 3.05) is 0 Å². The van der Waals surface area contributed by atoms with Gasteiger partial charge in [-0.15, -0.1) is 0 Å². The molecule has 0 aromatic carbocycles. The second-order valence-electron chi connectivity index (χ2n) is 3.38. The smallest absolute Gasteiger partial charge is 0.237 e. The van der Waals surface area contributed by atoms with Crippen molar-refractivity contribution in [2.45, 2.75) is 32.9 Å². The normalized spacial score (nSPS) is 12.2. The van der Waals surface area contributed by atoms with Crippen molar-refractivity contribution in [3.8, 4) is 0 Å². The number of nitrogens with two attached hydrogens (primary N) is 1. The molecule has 1 aromatic rings. The van der Waals surface area contributed by atoms with Gasteiger partial charge in [0.15, 0.2) is 0 Å². The maximum Gasteiger partial charge on any atom is 0.237 e. The first-order valence-electron chi connectivity index (χ1n) is 4.94. The summed E-state index contributed by atoms with van der Waals surface area (Å²) in [5.74, 6) is -0.153. The fourth-order valence-corrected chi connectivity index (χ4v) is 1.00. The van der Waals surface area contributed by atoms with Crippen LogP contribution in [0.5, 0.6) is 0 Å². The van der Waals surface area contributed by atoms with Crippen LogP contribution in [0.1, 0.15) is 24.7 Å². The first kappa shape index (κ1) is 11.6. The zero-order valence-corrected chi connectivity index (χ0v) is 9.03. The van der Waals surface area contributed by atoms with Crippen molar-refractivity contribution in [3.63, 3.8) is 0 Å². The highest BCUT2D eigenvalue weighted by Gasteiger charge is 2.09. The lowest BCUT2D eigenvalue weighted by atomic mass is 10.2. The summed E-state index contributed by atoms with van der Waals surface area (Å²) in [6.07, 6.45) is 3.94. The summed E-state index contributed by atoms with van der Waals surface area (Å²) >= 11 is 0. The van der Waals surface area contributed by atoms with Crippen molar-refractivity contribution < 1.29 is 4.79 Å². The molecule has 0 unspecified atom stereocenters. The van der Waals surface area contributed by atoms with Crippen LogP contribution in [0.15, 0.2) is 12.4 Å². The number of nitrogens with zero attached hydrogens (tertiary/aromatic N) is 2. The van der Waals surface area contributed by atoms with Crippen molar-refractivity contribution >= 4 is 5.91 Å². The van der Waals surface area contributed by atoms with Gasteiger partial charge in [-0.3, -0.25) is 14.8 Å². The molecule has 0 aliphatic heterocycles. The van der Waals surface area contributed by atoms with Crippen molar-refractivity contribution in [1.29, 1.82) is 0 Å². The van der Waals surface area contributed by atoms with Crippen molar-refractivity contribution in [2.24, 2.45) is 5.73 Å². The molecule has 0 saturated heterocycles. The molecule has 3 N–H and O–H groups in total. The lowest BCUT2D eigenvalue weighted by Crippen LogP contribution is -2.39. The zero-order chi connectivity index (χ0) is 11.3. The first-order chi connectivity index (χ1) is 7.13. The lowest BCUT2D eigenvalue weighted by molar-refractivity contribution is -0.122. The van der Waals surface area contributed by atoms with Gasteiger partial charge >= 0.3 is 0 Å². The monoisotopic (exact) mass is 208 g/mol. The number of aromatic nitrogens is 2. The van der Waals surface area contributed by atoms with Gasteiger partial charge in [0.2, 0.25) is 5.91 Å². The Hall–Kier alpha value is -1.49. The summed E-state index contributed by atoms with van der Waals surface area (Å²) in [6.45, 7) is 4.11. The number of carbonyl (C=O) groups is 1. The van der Waals surface area contributed by atoms with Gasteiger partial charge in [-0.05, 0) is 13.3 Å². The van der Waals surface area contributed by atoms with Crippen LogP contribution >= 0.6 is 0 Å². The molecule has 1 aromatic heterocycles. The van der Waals surface area contributed by atoms with E-state index in [0.717, 1.165) is 11.4 Å². The van der Waals surface area contributed by atoms with E-state index in [-0.39, 0.29) is 5.91 Å². The minimum absolute atomic E-state index is 0.153. The molecule has 82 valence electrons. The average Bonchev–Trinajstić information content (AvgIpc) is 2.26. The van der Waals surface area contributed by atoms with Crippen molar-refractivity contribution in [3.05, 3.63) is 23.8 Å². The molecule has 1 atom stereocenters. The lowest BCUT2D eigenvalue weighted by Gasteiger charge is -2.09. The van der Waals surface area contributed by atoms with Gasteiger partial charge in [-0.25, -0.2) is 0 Å². The SMILES string of the molecule is CC[C@H](N)C(=O)NCc1cnc(C)cn1. The van der Waals surface area contributed by atoms with Gasteiger partial charge in [-0.2, -0.15) is 0 Å². The highest BCUT2D eigenvalue weighted by molar-refractivity contribution is 5.81. The third-order valence-electron chi connectivity index (χ3n) is 2.05. The molecule has 1 heterocycles. The fraction of sp³-hybridized carbons (Fsp3) is 0.500. The minimum atomic E-state index is -0.441. The van der Waals surface area contributed by atoms with E-state index in [4.69, 9.17) is 5.73 Å². The standard InChI is InChI=1S/C10H16N4O/c1-3-9(11)10(15)14-6-8-5-12-7(2)4-13-8/h4-5,9H,3,6,11H2,1-2H3,(H,14,15)/t9-/m0/s1. The van der Waals surface area contributed by atoms with Crippen LogP contribution in [0.4, 0.5) is 0 Å². The number of carbonyl (C=O) groups excluding carboxylic acids is 1. The number of aryl methyl sites for hydroxylation is 1. The zero-order valence-electron chi connectivity index (χ0n) is 9.03. The van der Waals surface area contributed by atoms with E-state index in [2.05, 4.69) is 15.3 Å². The quantitative estimate of drug-likeness (QED) is 0.737. The molecule has 0 fully saturated rings. The summed E-state index contributed by atoms with van der Waals surface area (Å²) < 4.78 is 0. The van der Waals surface area contributed by atoms with Gasteiger partial charge < -0.3 is 11.1 Å². The van der Waals surface area contributed by atoms with Crippen LogP contribution < -0.4 is 11.1 Å². The van der Waals surface area contributed by atoms with Gasteiger partial charge in [0.25, 0.3) is 0 Å². The Kier molecular flexibility index (Phi) is 4.17. The molecule has 5 heteroatoms. The highest BCUT2D eigenvalue weighted by Crippen LogP contribution is 1.94. The molecule has 0 spiro atoms. The Bertz CT molecular complexity index is 323. The Morgan fingerprint density at radius 1 is 1.53 bits per heavy atom. The molecule has 1 rings (SSSR count). The molecular formula is C10H16N4O. The number of nitrogens with one attached hydrogen (secondary N) is 1. The van der Waals surface area contributed by atoms with E-state index in [1.165, 1.54) is 0 Å². The highest BCUT2D eigenvalue weighted by atomic mass is 16.2. The maximum atomic E-state index is 11.3. The Labute approximate surface area is 89.1 Å². The number of amides is 1. The largest absolute Gasteiger partial charge is 0.349 e. The van der Waals surface area contributed by atoms with Crippen LogP contribution in [0, 0.1) is 6.92 Å². The summed E-state index contributed by atoms with van der Waals surface area (Å²) in [7, 11) is 0. The molecular weight excluding hydrogens is 192 g/mol. The third kappa shape index (κ3) is 3.63. The fourth-order valence-electron chi connectivity index (χ4n) is 1.00. The Balaban J connectivity index is 2.43. The van der Waals surface area contributed by atoms with Crippen LogP contribution in [-0.2, 0) is 11.3 Å². The summed E-state index contributed by atoms with van der Waals surface area (Å²) in [5.41, 5.74) is 7.15. The molecule has 0 saturated carbocycles. The van der Waals surface area contributed by atoms with Crippen LogP contribution in [0.25, 0.3) is 0 Å². The molecule has 1 amide bonds. The number of rotatable bonds is 4. The van der Waals surface area contributed by atoms with Gasteiger partial charge in [0.05, 0.1) is 30.2 Å². The summed E-state index contributed by atoms with van der Waals surface area (Å²) in [6, 6.07) is -0.441. The molecule has 0 radical (unpaired) electrons. The van der Waals surface area contributed by atoms with Gasteiger partial charge in [0.1, 0.15) is 0 Å². The van der Waals surface area contributed by atoms with Crippen LogP contribution in [-0.4, -0.2) is 21.9 Å². The molecule has 5 nitrogen and oxygen atoms in total. The van der Waals surface area contributed by atoms with E-state index in [1.807, 2.05) is 13.8 Å². The average molecular weight is 208 g/mol. The van der Waals surface area contributed by atoms with Crippen molar-refractivity contribution in [1.82, 2.24) is 15.3 Å². The number of hydrogen-bond acceptors (Lipinski definition) is 4. The number of hydrogen-bond donors (Lipinski definition) is 2. The second kappa shape index (κ2) is 5.41. The molecule has 0 aliphatic carbocycles. The Morgan fingerprint density at radius 2 is 2.27 bits per heavy atom. The third-order valence-corrected chi connectivity index (χ3v) is 2.05. The second-order valence-corrected chi connectivity index (χ2v) is 3.38. The van der Waals surface area contributed by atoms with Gasteiger partial charge in [-0.1, -0.05) is 6.92 Å². The summed E-state index contributed by atoms with van der Waals surface area (Å²) in [4.78, 5) is 19.5. The predicted molar refractivity (Wildman–Crippen MR) is 56.9 cm³/mol. The summed E-state index contributed by atoms with van der Waals surface area (Å²) in [5, 5.41) is 2.70. The van der Waals surface area contributed by atoms with E-state index >= 15 is 0 Å². The molecule has 0 aliphatic rings. The first-order valence-corrected chi connectivity index (χ1v) is 4.94. The van der Waals surface area contributed by atoms with Crippen LogP contribution in [0.3, 0.4) is 0 Å². The van der Waals surface area contributed by atoms with E-state index in [1.54, 1.807) is 12.4 Å². The minimum Gasteiger partial charge on any atom is -0.349 e. The van der Waals surface area contributed by atoms with Crippen LogP contribution in [0.2, 0.25) is 0 Å². The van der Waals surface area contributed by atoms with E-state index in [0.29, 0.717) is 13.0 Å². The van der Waals surface area contributed by atoms with E-state index < -0.39 is 6.04 Å². The van der Waals surface area contributed by atoms with E-state index in [9.17, 15) is 4.79 Å². The van der Waals surface area contributed by atoms with Gasteiger partial charge in [0, 0.05) is 6.20 Å². The molecule has 15 heavy (non-hydrogen) atoms. The predicted octanol–water partition coefficient (Wildman–Crippen LogP) is 0.139. The maximum absolute atomic E-state index is 11.3. The Morgan fingerprint density at radius 3 is 2.80 bits per heavy atom. The molecule has 0 bridgehead atoms. The topological polar surface area (TPSA) is 80.9 Å².